The first-order chi connectivity index (χ1) is 9.74. The summed E-state index contributed by atoms with van der Waals surface area (Å²) in [5, 5.41) is 12.8. The van der Waals surface area contributed by atoms with Gasteiger partial charge in [-0.25, -0.2) is 0 Å². The van der Waals surface area contributed by atoms with Gasteiger partial charge in [0, 0.05) is 17.7 Å². The predicted molar refractivity (Wildman–Crippen MR) is 72.9 cm³/mol. The maximum Gasteiger partial charge on any atom is 0.269 e. The van der Waals surface area contributed by atoms with Crippen LogP contribution >= 0.6 is 0 Å². The molecule has 1 fully saturated rings. The van der Waals surface area contributed by atoms with Crippen LogP contribution in [0.25, 0.3) is 0 Å². The molecule has 0 radical (unpaired) electrons. The number of rotatable bonds is 3. The van der Waals surface area contributed by atoms with E-state index in [1.54, 1.807) is 12.1 Å². The number of nitro benzene ring substituents is 1. The topological polar surface area (TPSA) is 69.0 Å². The van der Waals surface area contributed by atoms with Crippen LogP contribution in [0, 0.1) is 10.1 Å². The van der Waals surface area contributed by atoms with Gasteiger partial charge in [0.05, 0.1) is 4.92 Å². The number of ether oxygens (including phenoxy) is 1. The third-order valence-corrected chi connectivity index (χ3v) is 3.48. The highest BCUT2D eigenvalue weighted by Crippen LogP contribution is 2.27. The Bertz CT molecular complexity index is 598. The van der Waals surface area contributed by atoms with Crippen LogP contribution in [0.2, 0.25) is 0 Å². The molecule has 20 heavy (non-hydrogen) atoms. The third-order valence-electron chi connectivity index (χ3n) is 3.48. The van der Waals surface area contributed by atoms with Crippen molar-refractivity contribution in [3.05, 3.63) is 75.8 Å². The van der Waals surface area contributed by atoms with Gasteiger partial charge in [-0.1, -0.05) is 30.3 Å². The number of hydrogen-bond acceptors (Lipinski definition) is 3. The molecule has 1 heterocycles. The lowest BCUT2D eigenvalue weighted by atomic mass is 10.1. The molecule has 0 unspecified atom stereocenters. The first-order valence-electron chi connectivity index (χ1n) is 6.52. The van der Waals surface area contributed by atoms with E-state index in [2.05, 4.69) is 5.32 Å². The Kier molecular flexibility index (Phi) is 3.45. The van der Waals surface area contributed by atoms with Gasteiger partial charge in [-0.2, -0.15) is 0 Å². The Morgan fingerprint density at radius 2 is 1.75 bits per heavy atom. The highest BCUT2D eigenvalue weighted by atomic mass is 16.6. The van der Waals surface area contributed by atoms with E-state index < -0.39 is 4.92 Å². The van der Waals surface area contributed by atoms with E-state index in [0.717, 1.165) is 17.7 Å². The highest BCUT2D eigenvalue weighted by molar-refractivity contribution is 5.34. The maximum absolute atomic E-state index is 10.6. The molecule has 3 rings (SSSR count). The summed E-state index contributed by atoms with van der Waals surface area (Å²) in [7, 11) is 0. The first-order valence-corrected chi connectivity index (χ1v) is 6.52. The van der Waals surface area contributed by atoms with E-state index in [1.165, 1.54) is 12.1 Å². The quantitative estimate of drug-likeness (QED) is 0.685. The number of nitro groups is 1. The van der Waals surface area contributed by atoms with Gasteiger partial charge in [0.15, 0.2) is 0 Å². The van der Waals surface area contributed by atoms with Crippen molar-refractivity contribution in [2.45, 2.75) is 12.3 Å². The molecule has 0 amide bonds. The molecule has 2 aromatic rings. The summed E-state index contributed by atoms with van der Waals surface area (Å²) in [5.74, 6) is 0. The Labute approximate surface area is 116 Å². The van der Waals surface area contributed by atoms with Gasteiger partial charge in [0.2, 0.25) is 6.23 Å². The van der Waals surface area contributed by atoms with E-state index in [4.69, 9.17) is 4.74 Å². The Morgan fingerprint density at radius 3 is 2.40 bits per heavy atom. The fraction of sp³-hybridized carbons (Fsp3) is 0.200. The first kappa shape index (κ1) is 12.8. The summed E-state index contributed by atoms with van der Waals surface area (Å²) in [6.07, 6.45) is -0.0302. The lowest BCUT2D eigenvalue weighted by Crippen LogP contribution is -2.82. The van der Waals surface area contributed by atoms with Crippen molar-refractivity contribution in [3.63, 3.8) is 0 Å². The minimum Gasteiger partial charge on any atom is -0.315 e. The van der Waals surface area contributed by atoms with Crippen LogP contribution in [0.5, 0.6) is 0 Å². The van der Waals surface area contributed by atoms with Crippen molar-refractivity contribution in [3.8, 4) is 0 Å². The van der Waals surface area contributed by atoms with Gasteiger partial charge < -0.3 is 10.1 Å². The van der Waals surface area contributed by atoms with Crippen LogP contribution in [0.1, 0.15) is 23.5 Å². The molecule has 1 saturated heterocycles. The average Bonchev–Trinajstić information content (AvgIpc) is 2.98. The van der Waals surface area contributed by atoms with Crippen molar-refractivity contribution in [1.82, 2.24) is 0 Å². The van der Waals surface area contributed by atoms with Gasteiger partial charge in [0.1, 0.15) is 12.6 Å². The monoisotopic (exact) mass is 271 g/mol. The van der Waals surface area contributed by atoms with E-state index in [0.29, 0.717) is 0 Å². The molecule has 0 aromatic heterocycles. The molecule has 0 aliphatic carbocycles. The van der Waals surface area contributed by atoms with Crippen molar-refractivity contribution in [2.24, 2.45) is 0 Å². The molecule has 1 aliphatic heterocycles. The van der Waals surface area contributed by atoms with Crippen LogP contribution in [-0.4, -0.2) is 11.5 Å². The second-order valence-electron chi connectivity index (χ2n) is 4.78. The largest absolute Gasteiger partial charge is 0.315 e. The normalized spacial score (nSPS) is 21.8. The van der Waals surface area contributed by atoms with Crippen LogP contribution in [0.15, 0.2) is 54.6 Å². The summed E-state index contributed by atoms with van der Waals surface area (Å²) in [5.41, 5.74) is 2.22. The van der Waals surface area contributed by atoms with E-state index in [-0.39, 0.29) is 18.0 Å². The van der Waals surface area contributed by atoms with Crippen LogP contribution in [0.4, 0.5) is 5.69 Å². The number of non-ortho nitro benzene ring substituents is 1. The highest BCUT2D eigenvalue weighted by Gasteiger charge is 2.31. The second-order valence-corrected chi connectivity index (χ2v) is 4.78. The van der Waals surface area contributed by atoms with E-state index >= 15 is 0 Å². The molecule has 2 N–H and O–H groups in total. The van der Waals surface area contributed by atoms with Gasteiger partial charge in [-0.05, 0) is 17.7 Å². The number of nitrogens with zero attached hydrogens (tertiary/aromatic N) is 1. The molecule has 0 spiro atoms. The lowest BCUT2D eigenvalue weighted by molar-refractivity contribution is -0.698. The number of nitrogens with two attached hydrogens (primary N) is 1. The molecule has 0 bridgehead atoms. The molecular weight excluding hydrogens is 256 g/mol. The molecule has 1 aliphatic rings. The minimum atomic E-state index is -0.391. The van der Waals surface area contributed by atoms with Crippen molar-refractivity contribution in [2.75, 3.05) is 6.54 Å². The molecule has 5 heteroatoms. The number of benzene rings is 2. The number of hydrogen-bond donors (Lipinski definition) is 1. The lowest BCUT2D eigenvalue weighted by Gasteiger charge is -2.09. The zero-order chi connectivity index (χ0) is 13.9. The predicted octanol–water partition coefficient (Wildman–Crippen LogP) is 1.93. The summed E-state index contributed by atoms with van der Waals surface area (Å²) in [6.45, 7) is 0.817. The summed E-state index contributed by atoms with van der Waals surface area (Å²) in [4.78, 5) is 10.2. The molecule has 2 aromatic carbocycles. The Hall–Kier alpha value is -2.24. The van der Waals surface area contributed by atoms with Gasteiger partial charge in [-0.3, -0.25) is 10.1 Å². The SMILES string of the molecule is O=[N+]([O-])c1ccc([C@H]2C[NH2+][C@H](c3ccccc3)O2)cc1. The average molecular weight is 271 g/mol. The van der Waals surface area contributed by atoms with Crippen LogP contribution < -0.4 is 5.32 Å². The minimum absolute atomic E-state index is 0.00334. The number of quaternary nitrogens is 1. The molecular formula is C15H15N2O3+. The fourth-order valence-electron chi connectivity index (χ4n) is 2.42. The summed E-state index contributed by atoms with van der Waals surface area (Å²) >= 11 is 0. The fourth-order valence-corrected chi connectivity index (χ4v) is 2.42. The molecule has 0 saturated carbocycles. The van der Waals surface area contributed by atoms with Crippen molar-refractivity contribution >= 4 is 5.69 Å². The molecule has 2 atom stereocenters. The maximum atomic E-state index is 10.6. The summed E-state index contributed by atoms with van der Waals surface area (Å²) in [6, 6.07) is 16.6. The van der Waals surface area contributed by atoms with Crippen molar-refractivity contribution in [1.29, 1.82) is 0 Å². The third kappa shape index (κ3) is 2.54. The van der Waals surface area contributed by atoms with Gasteiger partial charge >= 0.3 is 0 Å². The van der Waals surface area contributed by atoms with E-state index in [1.807, 2.05) is 30.3 Å². The Morgan fingerprint density at radius 1 is 1.05 bits per heavy atom. The van der Waals surface area contributed by atoms with Gasteiger partial charge in [-0.15, -0.1) is 0 Å². The zero-order valence-corrected chi connectivity index (χ0v) is 10.8. The smallest absolute Gasteiger partial charge is 0.269 e. The van der Waals surface area contributed by atoms with Crippen LogP contribution in [0.3, 0.4) is 0 Å². The standard InChI is InChI=1S/C15H14N2O3/c18-17(19)13-8-6-11(7-9-13)14-10-16-15(20-14)12-4-2-1-3-5-12/h1-9,14-16H,10H2/p+1/t14-,15+/m1/s1. The van der Waals surface area contributed by atoms with Crippen LogP contribution in [-0.2, 0) is 4.74 Å². The summed E-state index contributed by atoms with van der Waals surface area (Å²) < 4.78 is 6.01. The van der Waals surface area contributed by atoms with E-state index in [9.17, 15) is 10.1 Å². The molecule has 102 valence electrons. The zero-order valence-electron chi connectivity index (χ0n) is 10.8. The van der Waals surface area contributed by atoms with Crippen molar-refractivity contribution < 1.29 is 15.0 Å². The second kappa shape index (κ2) is 5.40. The van der Waals surface area contributed by atoms with Gasteiger partial charge in [0.25, 0.3) is 5.69 Å². The molecule has 5 nitrogen and oxygen atoms in total. The Balaban J connectivity index is 1.72.